The Labute approximate surface area is 89.4 Å². The van der Waals surface area contributed by atoms with Crippen LogP contribution in [0.15, 0.2) is 37.0 Å². The molecule has 0 heteroatoms. The molecule has 0 aromatic heterocycles. The molecule has 0 heterocycles. The van der Waals surface area contributed by atoms with E-state index in [1.54, 1.807) is 0 Å². The van der Waals surface area contributed by atoms with Crippen molar-refractivity contribution in [3.63, 3.8) is 0 Å². The zero-order valence-electron chi connectivity index (χ0n) is 9.54. The van der Waals surface area contributed by atoms with Gasteiger partial charge in [-0.05, 0) is 32.1 Å². The minimum absolute atomic E-state index is 1.17. The molecular formula is C14H24. The predicted molar refractivity (Wildman–Crippen MR) is 66.5 cm³/mol. The smallest absolute Gasteiger partial charge is 0.0345 e. The van der Waals surface area contributed by atoms with E-state index in [1.165, 1.54) is 44.9 Å². The topological polar surface area (TPSA) is 0 Å². The Morgan fingerprint density at radius 3 is 2.14 bits per heavy atom. The molecule has 14 heavy (non-hydrogen) atoms. The van der Waals surface area contributed by atoms with Crippen molar-refractivity contribution < 1.29 is 0 Å². The molecule has 0 rings (SSSR count). The molecule has 80 valence electrons. The lowest BCUT2D eigenvalue weighted by Crippen LogP contribution is -1.72. The van der Waals surface area contributed by atoms with Crippen LogP contribution in [0.1, 0.15) is 51.9 Å². The van der Waals surface area contributed by atoms with Crippen molar-refractivity contribution in [2.75, 3.05) is 0 Å². The highest BCUT2D eigenvalue weighted by Crippen LogP contribution is 2.02. The summed E-state index contributed by atoms with van der Waals surface area (Å²) in [5.74, 6) is 0. The highest BCUT2D eigenvalue weighted by atomic mass is 13.9. The van der Waals surface area contributed by atoms with E-state index in [9.17, 15) is 0 Å². The highest BCUT2D eigenvalue weighted by Gasteiger charge is 1.82. The Kier molecular flexibility index (Phi) is 11.5. The van der Waals surface area contributed by atoms with Gasteiger partial charge in [0.05, 0.1) is 0 Å². The highest BCUT2D eigenvalue weighted by molar-refractivity contribution is 4.97. The SMILES string of the molecule is C=CC=CCCCC=CCCCCC. The third-order valence-electron chi connectivity index (χ3n) is 2.15. The first kappa shape index (κ1) is 13.2. The Morgan fingerprint density at radius 2 is 1.50 bits per heavy atom. The summed E-state index contributed by atoms with van der Waals surface area (Å²) in [5, 5.41) is 0. The number of allylic oxidation sites excluding steroid dienone is 5. The zero-order chi connectivity index (χ0) is 10.5. The third kappa shape index (κ3) is 11.2. The Bertz CT molecular complexity index is 163. The summed E-state index contributed by atoms with van der Waals surface area (Å²) < 4.78 is 0. The van der Waals surface area contributed by atoms with Gasteiger partial charge in [-0.1, -0.05) is 56.7 Å². The van der Waals surface area contributed by atoms with Gasteiger partial charge in [-0.25, -0.2) is 0 Å². The first-order chi connectivity index (χ1) is 6.91. The van der Waals surface area contributed by atoms with Gasteiger partial charge in [0.1, 0.15) is 0 Å². The summed E-state index contributed by atoms with van der Waals surface area (Å²) in [5.41, 5.74) is 0. The fourth-order valence-corrected chi connectivity index (χ4v) is 1.29. The Morgan fingerprint density at radius 1 is 0.857 bits per heavy atom. The molecule has 0 radical (unpaired) electrons. The summed E-state index contributed by atoms with van der Waals surface area (Å²) >= 11 is 0. The van der Waals surface area contributed by atoms with Gasteiger partial charge in [0.25, 0.3) is 0 Å². The second kappa shape index (κ2) is 12.2. The van der Waals surface area contributed by atoms with E-state index in [0.29, 0.717) is 0 Å². The van der Waals surface area contributed by atoms with Crippen molar-refractivity contribution in [3.05, 3.63) is 37.0 Å². The van der Waals surface area contributed by atoms with Gasteiger partial charge in [-0.15, -0.1) is 0 Å². The molecule has 0 aromatic rings. The van der Waals surface area contributed by atoms with Crippen LogP contribution in [0.25, 0.3) is 0 Å². The number of hydrogen-bond donors (Lipinski definition) is 0. The average Bonchev–Trinajstić information content (AvgIpc) is 2.21. The fourth-order valence-electron chi connectivity index (χ4n) is 1.29. The molecule has 0 aliphatic rings. The maximum Gasteiger partial charge on any atom is -0.0345 e. The maximum atomic E-state index is 3.64. The Hall–Kier alpha value is -0.780. The molecule has 0 nitrogen and oxygen atoms in total. The first-order valence-electron chi connectivity index (χ1n) is 5.84. The molecular weight excluding hydrogens is 168 g/mol. The van der Waals surface area contributed by atoms with Gasteiger partial charge >= 0.3 is 0 Å². The minimum atomic E-state index is 1.17. The summed E-state index contributed by atoms with van der Waals surface area (Å²) in [6, 6.07) is 0. The van der Waals surface area contributed by atoms with Gasteiger partial charge < -0.3 is 0 Å². The molecule has 0 unspecified atom stereocenters. The summed E-state index contributed by atoms with van der Waals surface area (Å²) in [6.45, 7) is 5.88. The van der Waals surface area contributed by atoms with Crippen molar-refractivity contribution in [2.45, 2.75) is 51.9 Å². The van der Waals surface area contributed by atoms with Crippen LogP contribution in [0.4, 0.5) is 0 Å². The van der Waals surface area contributed by atoms with Crippen LogP contribution in [0.3, 0.4) is 0 Å². The molecule has 0 fully saturated rings. The number of unbranched alkanes of at least 4 members (excludes halogenated alkanes) is 5. The second-order valence-electron chi connectivity index (χ2n) is 3.56. The Balaban J connectivity index is 3.10. The van der Waals surface area contributed by atoms with Crippen LogP contribution in [-0.2, 0) is 0 Å². The standard InChI is InChI=1S/C14H24/c1-3-5-7-9-11-13-14-12-10-8-6-4-2/h3,5,7,12,14H,1,4,6,8-11,13H2,2H3. The molecule has 0 bridgehead atoms. The van der Waals surface area contributed by atoms with Crippen LogP contribution in [0.5, 0.6) is 0 Å². The van der Waals surface area contributed by atoms with E-state index in [2.05, 4.69) is 31.7 Å². The monoisotopic (exact) mass is 192 g/mol. The molecule has 0 saturated carbocycles. The van der Waals surface area contributed by atoms with Crippen LogP contribution in [-0.4, -0.2) is 0 Å². The normalized spacial score (nSPS) is 11.5. The van der Waals surface area contributed by atoms with Gasteiger partial charge in [-0.2, -0.15) is 0 Å². The lowest BCUT2D eigenvalue weighted by Gasteiger charge is -1.92. The van der Waals surface area contributed by atoms with Crippen molar-refractivity contribution in [1.29, 1.82) is 0 Å². The number of rotatable bonds is 9. The first-order valence-corrected chi connectivity index (χ1v) is 5.84. The van der Waals surface area contributed by atoms with E-state index in [1.807, 2.05) is 12.2 Å². The van der Waals surface area contributed by atoms with Crippen LogP contribution >= 0.6 is 0 Å². The van der Waals surface area contributed by atoms with E-state index in [-0.39, 0.29) is 0 Å². The van der Waals surface area contributed by atoms with Gasteiger partial charge in [-0.3, -0.25) is 0 Å². The molecule has 0 amide bonds. The zero-order valence-corrected chi connectivity index (χ0v) is 9.54. The van der Waals surface area contributed by atoms with E-state index in [4.69, 9.17) is 0 Å². The molecule has 0 saturated heterocycles. The molecule has 0 atom stereocenters. The minimum Gasteiger partial charge on any atom is -0.0991 e. The van der Waals surface area contributed by atoms with Crippen molar-refractivity contribution in [3.8, 4) is 0 Å². The third-order valence-corrected chi connectivity index (χ3v) is 2.15. The molecule has 0 spiro atoms. The molecule has 0 aromatic carbocycles. The van der Waals surface area contributed by atoms with E-state index < -0.39 is 0 Å². The second-order valence-corrected chi connectivity index (χ2v) is 3.56. The van der Waals surface area contributed by atoms with Gasteiger partial charge in [0, 0.05) is 0 Å². The molecule has 0 N–H and O–H groups in total. The summed E-state index contributed by atoms with van der Waals surface area (Å²) in [7, 11) is 0. The van der Waals surface area contributed by atoms with Crippen LogP contribution in [0, 0.1) is 0 Å². The fraction of sp³-hybridized carbons (Fsp3) is 0.571. The van der Waals surface area contributed by atoms with Crippen molar-refractivity contribution >= 4 is 0 Å². The van der Waals surface area contributed by atoms with Crippen molar-refractivity contribution in [2.24, 2.45) is 0 Å². The summed E-state index contributed by atoms with van der Waals surface area (Å²) in [4.78, 5) is 0. The average molecular weight is 192 g/mol. The van der Waals surface area contributed by atoms with E-state index in [0.717, 1.165) is 0 Å². The predicted octanol–water partition coefficient (Wildman–Crippen LogP) is 5.04. The molecule has 0 aliphatic carbocycles. The van der Waals surface area contributed by atoms with Gasteiger partial charge in [0.2, 0.25) is 0 Å². The lowest BCUT2D eigenvalue weighted by molar-refractivity contribution is 0.727. The number of hydrogen-bond acceptors (Lipinski definition) is 0. The van der Waals surface area contributed by atoms with Gasteiger partial charge in [0.15, 0.2) is 0 Å². The quantitative estimate of drug-likeness (QED) is 0.273. The van der Waals surface area contributed by atoms with Crippen molar-refractivity contribution in [1.82, 2.24) is 0 Å². The summed E-state index contributed by atoms with van der Waals surface area (Å²) in [6.07, 6.45) is 19.6. The van der Waals surface area contributed by atoms with E-state index >= 15 is 0 Å². The largest absolute Gasteiger partial charge is 0.0991 e. The van der Waals surface area contributed by atoms with Crippen LogP contribution < -0.4 is 0 Å². The lowest BCUT2D eigenvalue weighted by atomic mass is 10.1. The van der Waals surface area contributed by atoms with Crippen LogP contribution in [0.2, 0.25) is 0 Å². The molecule has 0 aliphatic heterocycles. The maximum absolute atomic E-state index is 3.64.